The summed E-state index contributed by atoms with van der Waals surface area (Å²) in [5.41, 5.74) is 1.42. The van der Waals surface area contributed by atoms with E-state index >= 15 is 0 Å². The monoisotopic (exact) mass is 207 g/mol. The van der Waals surface area contributed by atoms with Crippen molar-refractivity contribution in [3.05, 3.63) is 35.9 Å². The quantitative estimate of drug-likeness (QED) is 0.693. The third kappa shape index (κ3) is 4.45. The van der Waals surface area contributed by atoms with Gasteiger partial charge in [-0.2, -0.15) is 0 Å². The highest BCUT2D eigenvalue weighted by molar-refractivity contribution is 5.19. The molecule has 0 bridgehead atoms. The molecule has 15 heavy (non-hydrogen) atoms. The number of likely N-dealkylation sites (N-methyl/N-ethyl adjacent to an activating group) is 1. The summed E-state index contributed by atoms with van der Waals surface area (Å²) in [6, 6.07) is 10.7. The maximum absolute atomic E-state index is 5.09. The van der Waals surface area contributed by atoms with E-state index < -0.39 is 0 Å². The van der Waals surface area contributed by atoms with Crippen molar-refractivity contribution in [2.45, 2.75) is 18.8 Å². The zero-order valence-corrected chi connectivity index (χ0v) is 9.70. The summed E-state index contributed by atoms with van der Waals surface area (Å²) in [4.78, 5) is 0. The van der Waals surface area contributed by atoms with E-state index in [9.17, 15) is 0 Å². The summed E-state index contributed by atoms with van der Waals surface area (Å²) in [6.45, 7) is 1.89. The number of rotatable bonds is 7. The molecule has 0 aromatic heterocycles. The van der Waals surface area contributed by atoms with Crippen LogP contribution in [-0.4, -0.2) is 27.3 Å². The average Bonchev–Trinajstić information content (AvgIpc) is 2.29. The lowest BCUT2D eigenvalue weighted by atomic mass is 9.94. The maximum atomic E-state index is 5.09. The normalized spacial score (nSPS) is 12.7. The third-order valence-corrected chi connectivity index (χ3v) is 2.62. The van der Waals surface area contributed by atoms with Crippen LogP contribution in [0.1, 0.15) is 24.3 Å². The Hall–Kier alpha value is -0.860. The molecule has 1 unspecified atom stereocenters. The minimum Gasteiger partial charge on any atom is -0.385 e. The first-order valence-electron chi connectivity index (χ1n) is 5.57. The molecule has 0 saturated heterocycles. The Labute approximate surface area is 92.6 Å². The third-order valence-electron chi connectivity index (χ3n) is 2.62. The second kappa shape index (κ2) is 7.43. The van der Waals surface area contributed by atoms with Crippen LogP contribution in [0.3, 0.4) is 0 Å². The van der Waals surface area contributed by atoms with Gasteiger partial charge in [-0.3, -0.25) is 0 Å². The molecular formula is C13H21NO. The highest BCUT2D eigenvalue weighted by Gasteiger charge is 2.09. The molecule has 84 valence electrons. The van der Waals surface area contributed by atoms with Gasteiger partial charge >= 0.3 is 0 Å². The fourth-order valence-electron chi connectivity index (χ4n) is 1.83. The maximum Gasteiger partial charge on any atom is 0.0462 e. The van der Waals surface area contributed by atoms with Crippen molar-refractivity contribution in [1.29, 1.82) is 0 Å². The number of hydrogen-bond acceptors (Lipinski definition) is 2. The second-order valence-electron chi connectivity index (χ2n) is 3.80. The number of benzene rings is 1. The van der Waals surface area contributed by atoms with Crippen LogP contribution in [0.4, 0.5) is 0 Å². The standard InChI is InChI=1S/C13H21NO/c1-14-11-13(9-6-10-15-2)12-7-4-3-5-8-12/h3-5,7-8,13-14H,6,9-11H2,1-2H3. The number of methoxy groups -OCH3 is 1. The van der Waals surface area contributed by atoms with E-state index in [0.29, 0.717) is 5.92 Å². The first kappa shape index (κ1) is 12.2. The van der Waals surface area contributed by atoms with E-state index in [-0.39, 0.29) is 0 Å². The first-order valence-corrected chi connectivity index (χ1v) is 5.57. The molecule has 0 aliphatic carbocycles. The molecule has 0 aliphatic rings. The fraction of sp³-hybridized carbons (Fsp3) is 0.538. The Kier molecular flexibility index (Phi) is 6.05. The predicted octanol–water partition coefficient (Wildman–Crippen LogP) is 2.42. The summed E-state index contributed by atoms with van der Waals surface area (Å²) in [6.07, 6.45) is 2.30. The molecule has 0 spiro atoms. The zero-order valence-electron chi connectivity index (χ0n) is 9.70. The molecule has 0 amide bonds. The molecule has 2 heteroatoms. The molecule has 1 aromatic rings. The van der Waals surface area contributed by atoms with Gasteiger partial charge in [0.1, 0.15) is 0 Å². The minimum atomic E-state index is 0.603. The summed E-state index contributed by atoms with van der Waals surface area (Å²) < 4.78 is 5.09. The average molecular weight is 207 g/mol. The molecule has 2 nitrogen and oxygen atoms in total. The lowest BCUT2D eigenvalue weighted by molar-refractivity contribution is 0.190. The van der Waals surface area contributed by atoms with E-state index in [1.807, 2.05) is 7.05 Å². The lowest BCUT2D eigenvalue weighted by Gasteiger charge is -2.16. The van der Waals surface area contributed by atoms with Crippen LogP contribution in [-0.2, 0) is 4.74 Å². The van der Waals surface area contributed by atoms with E-state index in [1.54, 1.807) is 7.11 Å². The Morgan fingerprint density at radius 3 is 2.60 bits per heavy atom. The molecule has 1 rings (SSSR count). The van der Waals surface area contributed by atoms with Gasteiger partial charge in [-0.1, -0.05) is 30.3 Å². The fourth-order valence-corrected chi connectivity index (χ4v) is 1.83. The van der Waals surface area contributed by atoms with Crippen molar-refractivity contribution in [2.24, 2.45) is 0 Å². The Morgan fingerprint density at radius 1 is 1.27 bits per heavy atom. The van der Waals surface area contributed by atoms with Gasteiger partial charge in [0.15, 0.2) is 0 Å². The summed E-state index contributed by atoms with van der Waals surface area (Å²) in [5, 5.41) is 3.25. The van der Waals surface area contributed by atoms with Gasteiger partial charge < -0.3 is 10.1 Å². The highest BCUT2D eigenvalue weighted by atomic mass is 16.5. The van der Waals surface area contributed by atoms with Crippen LogP contribution in [0.15, 0.2) is 30.3 Å². The molecule has 1 aromatic carbocycles. The van der Waals surface area contributed by atoms with Gasteiger partial charge in [0.25, 0.3) is 0 Å². The van der Waals surface area contributed by atoms with E-state index in [2.05, 4.69) is 35.6 Å². The number of nitrogens with one attached hydrogen (secondary N) is 1. The molecule has 0 aliphatic heterocycles. The molecule has 0 saturated carbocycles. The Balaban J connectivity index is 2.50. The minimum absolute atomic E-state index is 0.603. The van der Waals surface area contributed by atoms with Crippen LogP contribution >= 0.6 is 0 Å². The molecule has 1 atom stereocenters. The van der Waals surface area contributed by atoms with Crippen molar-refractivity contribution >= 4 is 0 Å². The van der Waals surface area contributed by atoms with Gasteiger partial charge in [-0.25, -0.2) is 0 Å². The highest BCUT2D eigenvalue weighted by Crippen LogP contribution is 2.20. The predicted molar refractivity (Wildman–Crippen MR) is 64.2 cm³/mol. The SMILES string of the molecule is CNCC(CCCOC)c1ccccc1. The first-order chi connectivity index (χ1) is 7.38. The smallest absolute Gasteiger partial charge is 0.0462 e. The van der Waals surface area contributed by atoms with Crippen molar-refractivity contribution in [3.63, 3.8) is 0 Å². The summed E-state index contributed by atoms with van der Waals surface area (Å²) in [7, 11) is 3.77. The van der Waals surface area contributed by atoms with Crippen LogP contribution in [0.2, 0.25) is 0 Å². The van der Waals surface area contributed by atoms with E-state index in [0.717, 1.165) is 19.6 Å². The van der Waals surface area contributed by atoms with Crippen LogP contribution in [0, 0.1) is 0 Å². The topological polar surface area (TPSA) is 21.3 Å². The number of ether oxygens (including phenoxy) is 1. The van der Waals surface area contributed by atoms with Crippen molar-refractivity contribution < 1.29 is 4.74 Å². The molecule has 1 N–H and O–H groups in total. The Morgan fingerprint density at radius 2 is 2.00 bits per heavy atom. The van der Waals surface area contributed by atoms with Crippen LogP contribution < -0.4 is 5.32 Å². The zero-order chi connectivity index (χ0) is 10.9. The molecule has 0 radical (unpaired) electrons. The second-order valence-corrected chi connectivity index (χ2v) is 3.80. The van der Waals surface area contributed by atoms with Gasteiger partial charge in [-0.15, -0.1) is 0 Å². The van der Waals surface area contributed by atoms with Crippen LogP contribution in [0.25, 0.3) is 0 Å². The van der Waals surface area contributed by atoms with Crippen molar-refractivity contribution in [3.8, 4) is 0 Å². The summed E-state index contributed by atoms with van der Waals surface area (Å²) >= 11 is 0. The number of hydrogen-bond donors (Lipinski definition) is 1. The van der Waals surface area contributed by atoms with Gasteiger partial charge in [0.2, 0.25) is 0 Å². The van der Waals surface area contributed by atoms with E-state index in [4.69, 9.17) is 4.74 Å². The molecular weight excluding hydrogens is 186 g/mol. The lowest BCUT2D eigenvalue weighted by Crippen LogP contribution is -2.17. The Bertz CT molecular complexity index is 248. The largest absolute Gasteiger partial charge is 0.385 e. The van der Waals surface area contributed by atoms with Crippen molar-refractivity contribution in [2.75, 3.05) is 27.3 Å². The van der Waals surface area contributed by atoms with Crippen LogP contribution in [0.5, 0.6) is 0 Å². The van der Waals surface area contributed by atoms with Gasteiger partial charge in [0, 0.05) is 20.3 Å². The molecule has 0 heterocycles. The summed E-state index contributed by atoms with van der Waals surface area (Å²) in [5.74, 6) is 0.603. The van der Waals surface area contributed by atoms with Gasteiger partial charge in [-0.05, 0) is 31.4 Å². The van der Waals surface area contributed by atoms with E-state index in [1.165, 1.54) is 12.0 Å². The molecule has 0 fully saturated rings. The van der Waals surface area contributed by atoms with Gasteiger partial charge in [0.05, 0.1) is 0 Å². The van der Waals surface area contributed by atoms with Crippen molar-refractivity contribution in [1.82, 2.24) is 5.32 Å².